The average molecular weight is 363 g/mol. The molecule has 0 radical (unpaired) electrons. The fraction of sp³-hybridized carbons (Fsp3) is 0.261. The molecule has 0 unspecified atom stereocenters. The molecule has 4 nitrogen and oxygen atoms in total. The Morgan fingerprint density at radius 3 is 2.44 bits per heavy atom. The third kappa shape index (κ3) is 4.79. The van der Waals surface area contributed by atoms with Crippen molar-refractivity contribution in [2.24, 2.45) is 0 Å². The van der Waals surface area contributed by atoms with Crippen LogP contribution in [0.1, 0.15) is 25.8 Å². The van der Waals surface area contributed by atoms with Gasteiger partial charge in [0.25, 0.3) is 5.91 Å². The minimum Gasteiger partial charge on any atom is -0.494 e. The molecule has 3 aromatic carbocycles. The molecule has 0 aliphatic carbocycles. The van der Waals surface area contributed by atoms with E-state index in [1.54, 1.807) is 0 Å². The van der Waals surface area contributed by atoms with Crippen molar-refractivity contribution in [2.75, 3.05) is 6.61 Å². The third-order valence-corrected chi connectivity index (χ3v) is 4.38. The van der Waals surface area contributed by atoms with Crippen LogP contribution >= 0.6 is 0 Å². The highest BCUT2D eigenvalue weighted by Crippen LogP contribution is 2.26. The van der Waals surface area contributed by atoms with Gasteiger partial charge in [-0.1, -0.05) is 55.5 Å². The lowest BCUT2D eigenvalue weighted by molar-refractivity contribution is -0.128. The molecular weight excluding hydrogens is 338 g/mol. The smallest absolute Gasteiger partial charge is 0.261 e. The molecule has 4 heteroatoms. The molecule has 0 fully saturated rings. The molecule has 0 aliphatic rings. The van der Waals surface area contributed by atoms with Crippen LogP contribution in [0, 0.1) is 0 Å². The number of rotatable bonds is 8. The minimum atomic E-state index is -0.529. The highest BCUT2D eigenvalue weighted by molar-refractivity contribution is 5.89. The Morgan fingerprint density at radius 1 is 0.963 bits per heavy atom. The normalized spacial score (nSPS) is 11.8. The summed E-state index contributed by atoms with van der Waals surface area (Å²) < 4.78 is 11.5. The van der Waals surface area contributed by atoms with Crippen LogP contribution in [-0.2, 0) is 11.3 Å². The summed E-state index contributed by atoms with van der Waals surface area (Å²) in [6, 6.07) is 21.6. The SMILES string of the molecule is CCOc1ccc(CNC(=O)[C@@H](CC)Oc2cccc3ccccc23)cc1. The zero-order valence-corrected chi connectivity index (χ0v) is 15.8. The topological polar surface area (TPSA) is 47.6 Å². The summed E-state index contributed by atoms with van der Waals surface area (Å²) in [6.45, 7) is 5.00. The van der Waals surface area contributed by atoms with E-state index in [-0.39, 0.29) is 5.91 Å². The van der Waals surface area contributed by atoms with Gasteiger partial charge >= 0.3 is 0 Å². The van der Waals surface area contributed by atoms with Crippen molar-refractivity contribution in [1.29, 1.82) is 0 Å². The molecule has 0 aliphatic heterocycles. The van der Waals surface area contributed by atoms with Gasteiger partial charge in [-0.3, -0.25) is 4.79 Å². The largest absolute Gasteiger partial charge is 0.494 e. The van der Waals surface area contributed by atoms with Crippen LogP contribution in [-0.4, -0.2) is 18.6 Å². The van der Waals surface area contributed by atoms with Gasteiger partial charge in [-0.15, -0.1) is 0 Å². The summed E-state index contributed by atoms with van der Waals surface area (Å²) in [7, 11) is 0. The van der Waals surface area contributed by atoms with Crippen molar-refractivity contribution in [3.05, 3.63) is 72.3 Å². The summed E-state index contributed by atoms with van der Waals surface area (Å²) in [6.07, 6.45) is 0.0664. The lowest BCUT2D eigenvalue weighted by atomic mass is 10.1. The maximum Gasteiger partial charge on any atom is 0.261 e. The van der Waals surface area contributed by atoms with Crippen molar-refractivity contribution < 1.29 is 14.3 Å². The van der Waals surface area contributed by atoms with E-state index in [1.807, 2.05) is 80.6 Å². The van der Waals surface area contributed by atoms with Gasteiger partial charge < -0.3 is 14.8 Å². The maximum atomic E-state index is 12.6. The summed E-state index contributed by atoms with van der Waals surface area (Å²) in [5.41, 5.74) is 1.02. The van der Waals surface area contributed by atoms with Gasteiger partial charge in [0, 0.05) is 11.9 Å². The Balaban J connectivity index is 1.63. The quantitative estimate of drug-likeness (QED) is 0.630. The Kier molecular flexibility index (Phi) is 6.31. The number of carbonyl (C=O) groups is 1. The van der Waals surface area contributed by atoms with Crippen LogP contribution < -0.4 is 14.8 Å². The molecule has 0 saturated carbocycles. The lowest BCUT2D eigenvalue weighted by Gasteiger charge is -2.18. The molecule has 0 heterocycles. The van der Waals surface area contributed by atoms with Gasteiger partial charge in [0.1, 0.15) is 11.5 Å². The monoisotopic (exact) mass is 363 g/mol. The van der Waals surface area contributed by atoms with Crippen molar-refractivity contribution >= 4 is 16.7 Å². The zero-order valence-electron chi connectivity index (χ0n) is 15.8. The number of nitrogens with one attached hydrogen (secondary N) is 1. The summed E-state index contributed by atoms with van der Waals surface area (Å²) >= 11 is 0. The van der Waals surface area contributed by atoms with Crippen molar-refractivity contribution in [1.82, 2.24) is 5.32 Å². The standard InChI is InChI=1S/C23H25NO3/c1-3-21(27-22-11-7-9-18-8-5-6-10-20(18)22)23(25)24-16-17-12-14-19(15-13-17)26-4-2/h5-15,21H,3-4,16H2,1-2H3,(H,24,25)/t21-/m1/s1. The average Bonchev–Trinajstić information content (AvgIpc) is 2.71. The first-order chi connectivity index (χ1) is 13.2. The second-order valence-electron chi connectivity index (χ2n) is 6.29. The molecule has 0 saturated heterocycles. The number of ether oxygens (including phenoxy) is 2. The molecule has 1 amide bonds. The van der Waals surface area contributed by atoms with Crippen molar-refractivity contribution in [2.45, 2.75) is 32.9 Å². The third-order valence-electron chi connectivity index (χ3n) is 4.38. The number of amides is 1. The van der Waals surface area contributed by atoms with E-state index in [0.29, 0.717) is 19.6 Å². The number of fused-ring (bicyclic) bond motifs is 1. The van der Waals surface area contributed by atoms with E-state index in [9.17, 15) is 4.79 Å². The van der Waals surface area contributed by atoms with Crippen LogP contribution in [0.4, 0.5) is 0 Å². The second-order valence-corrected chi connectivity index (χ2v) is 6.29. The van der Waals surface area contributed by atoms with Gasteiger partial charge in [-0.2, -0.15) is 0 Å². The van der Waals surface area contributed by atoms with Crippen LogP contribution in [0.15, 0.2) is 66.7 Å². The molecule has 3 rings (SSSR count). The number of hydrogen-bond donors (Lipinski definition) is 1. The zero-order chi connectivity index (χ0) is 19.1. The second kappa shape index (κ2) is 9.08. The van der Waals surface area contributed by atoms with E-state index in [0.717, 1.165) is 27.8 Å². The molecule has 0 aromatic heterocycles. The van der Waals surface area contributed by atoms with Gasteiger partial charge in [0.15, 0.2) is 6.10 Å². The maximum absolute atomic E-state index is 12.6. The van der Waals surface area contributed by atoms with E-state index in [4.69, 9.17) is 9.47 Å². The molecule has 140 valence electrons. The summed E-state index contributed by atoms with van der Waals surface area (Å²) in [5.74, 6) is 1.45. The van der Waals surface area contributed by atoms with Gasteiger partial charge in [-0.25, -0.2) is 0 Å². The van der Waals surface area contributed by atoms with Crippen LogP contribution in [0.5, 0.6) is 11.5 Å². The van der Waals surface area contributed by atoms with Gasteiger partial charge in [0.05, 0.1) is 6.61 Å². The molecule has 1 atom stereocenters. The van der Waals surface area contributed by atoms with E-state index < -0.39 is 6.10 Å². The molecule has 0 spiro atoms. The highest BCUT2D eigenvalue weighted by atomic mass is 16.5. The first-order valence-electron chi connectivity index (χ1n) is 9.35. The Hall–Kier alpha value is -3.01. The fourth-order valence-corrected chi connectivity index (χ4v) is 2.95. The predicted molar refractivity (Wildman–Crippen MR) is 108 cm³/mol. The number of carbonyl (C=O) groups excluding carboxylic acids is 1. The summed E-state index contributed by atoms with van der Waals surface area (Å²) in [5, 5.41) is 5.07. The number of hydrogen-bond acceptors (Lipinski definition) is 3. The first kappa shape index (κ1) is 18.8. The Morgan fingerprint density at radius 2 is 1.70 bits per heavy atom. The van der Waals surface area contributed by atoms with Crippen molar-refractivity contribution in [3.8, 4) is 11.5 Å². The molecule has 1 N–H and O–H groups in total. The van der Waals surface area contributed by atoms with Crippen LogP contribution in [0.2, 0.25) is 0 Å². The van der Waals surface area contributed by atoms with E-state index in [2.05, 4.69) is 5.32 Å². The van der Waals surface area contributed by atoms with Crippen molar-refractivity contribution in [3.63, 3.8) is 0 Å². The van der Waals surface area contributed by atoms with Crippen LogP contribution in [0.3, 0.4) is 0 Å². The first-order valence-corrected chi connectivity index (χ1v) is 9.35. The van der Waals surface area contributed by atoms with Crippen LogP contribution in [0.25, 0.3) is 10.8 Å². The van der Waals surface area contributed by atoms with Gasteiger partial charge in [0.2, 0.25) is 0 Å². The summed E-state index contributed by atoms with van der Waals surface area (Å²) in [4.78, 5) is 12.6. The molecular formula is C23H25NO3. The van der Waals surface area contributed by atoms with E-state index in [1.165, 1.54) is 0 Å². The number of benzene rings is 3. The fourth-order valence-electron chi connectivity index (χ4n) is 2.95. The Labute approximate surface area is 160 Å². The Bertz CT molecular complexity index is 884. The molecule has 3 aromatic rings. The highest BCUT2D eigenvalue weighted by Gasteiger charge is 2.19. The minimum absolute atomic E-state index is 0.112. The lowest BCUT2D eigenvalue weighted by Crippen LogP contribution is -2.37. The molecule has 27 heavy (non-hydrogen) atoms. The van der Waals surface area contributed by atoms with Gasteiger partial charge in [-0.05, 0) is 42.5 Å². The predicted octanol–water partition coefficient (Wildman–Crippen LogP) is 4.71. The van der Waals surface area contributed by atoms with E-state index >= 15 is 0 Å². The molecule has 0 bridgehead atoms.